The molecule has 0 aromatic carbocycles. The van der Waals surface area contributed by atoms with Gasteiger partial charge in [-0.2, -0.15) is 0 Å². The highest BCUT2D eigenvalue weighted by Crippen LogP contribution is 2.38. The molecule has 0 radical (unpaired) electrons. The van der Waals surface area contributed by atoms with Crippen LogP contribution in [-0.4, -0.2) is 43.6 Å². The standard InChI is InChI=1S/C25H30N4O2S2/c1-16-10-13-27(14-11-16)22-19(23(30)28-12-6-7-17(2)21(28)26-22)15-20-24(31)29(25(32)33-20)18-8-4-3-5-9-18/h6-7,12,15-16,18H,3-5,8-11,13-14H2,1-2H3/b20-15-. The lowest BCUT2D eigenvalue weighted by atomic mass is 9.94. The summed E-state index contributed by atoms with van der Waals surface area (Å²) in [4.78, 5) is 36.5. The number of amides is 1. The zero-order chi connectivity index (χ0) is 23.1. The van der Waals surface area contributed by atoms with Crippen molar-refractivity contribution >= 4 is 51.7 Å². The Morgan fingerprint density at radius 3 is 2.58 bits per heavy atom. The molecule has 2 saturated heterocycles. The van der Waals surface area contributed by atoms with Crippen LogP contribution in [0.5, 0.6) is 0 Å². The number of rotatable bonds is 3. The van der Waals surface area contributed by atoms with E-state index in [4.69, 9.17) is 17.2 Å². The third kappa shape index (κ3) is 4.23. The average Bonchev–Trinajstić information content (AvgIpc) is 3.10. The third-order valence-electron chi connectivity index (χ3n) is 7.19. The van der Waals surface area contributed by atoms with Gasteiger partial charge in [-0.3, -0.25) is 18.9 Å². The molecule has 3 fully saturated rings. The number of hydrogen-bond acceptors (Lipinski definition) is 6. The van der Waals surface area contributed by atoms with Crippen LogP contribution in [0.1, 0.15) is 63.0 Å². The van der Waals surface area contributed by atoms with Crippen molar-refractivity contribution in [3.05, 3.63) is 44.7 Å². The molecule has 3 aliphatic rings. The lowest BCUT2D eigenvalue weighted by Crippen LogP contribution is -2.39. The number of piperidine rings is 1. The summed E-state index contributed by atoms with van der Waals surface area (Å²) in [5.74, 6) is 1.28. The number of hydrogen-bond donors (Lipinski definition) is 0. The second kappa shape index (κ2) is 9.22. The summed E-state index contributed by atoms with van der Waals surface area (Å²) in [6.45, 7) is 5.96. The van der Waals surface area contributed by atoms with Crippen molar-refractivity contribution in [2.45, 2.75) is 64.8 Å². The molecular formula is C25H30N4O2S2. The number of carbonyl (C=O) groups excluding carboxylic acids is 1. The molecule has 2 aliphatic heterocycles. The highest BCUT2D eigenvalue weighted by atomic mass is 32.2. The summed E-state index contributed by atoms with van der Waals surface area (Å²) in [5.41, 5.74) is 1.97. The zero-order valence-corrected chi connectivity index (χ0v) is 20.9. The van der Waals surface area contributed by atoms with Crippen molar-refractivity contribution in [3.8, 4) is 0 Å². The van der Waals surface area contributed by atoms with Gasteiger partial charge < -0.3 is 4.90 Å². The largest absolute Gasteiger partial charge is 0.356 e. The summed E-state index contributed by atoms with van der Waals surface area (Å²) in [7, 11) is 0. The van der Waals surface area contributed by atoms with E-state index in [1.165, 1.54) is 18.2 Å². The summed E-state index contributed by atoms with van der Waals surface area (Å²) >= 11 is 6.93. The first kappa shape index (κ1) is 22.6. The van der Waals surface area contributed by atoms with Gasteiger partial charge in [-0.1, -0.05) is 56.2 Å². The molecule has 1 aliphatic carbocycles. The van der Waals surface area contributed by atoms with E-state index in [-0.39, 0.29) is 17.5 Å². The number of fused-ring (bicyclic) bond motifs is 1. The van der Waals surface area contributed by atoms with Crippen molar-refractivity contribution in [2.24, 2.45) is 5.92 Å². The van der Waals surface area contributed by atoms with E-state index in [2.05, 4.69) is 11.8 Å². The van der Waals surface area contributed by atoms with E-state index in [9.17, 15) is 9.59 Å². The van der Waals surface area contributed by atoms with E-state index in [0.717, 1.165) is 57.2 Å². The fraction of sp³-hybridized carbons (Fsp3) is 0.520. The molecular weight excluding hydrogens is 452 g/mol. The second-order valence-corrected chi connectivity index (χ2v) is 11.2. The highest BCUT2D eigenvalue weighted by Gasteiger charge is 2.38. The molecule has 0 spiro atoms. The van der Waals surface area contributed by atoms with Gasteiger partial charge in [0.1, 0.15) is 15.8 Å². The molecule has 1 amide bonds. The number of aryl methyl sites for hydroxylation is 1. The van der Waals surface area contributed by atoms with Crippen LogP contribution in [0.25, 0.3) is 11.7 Å². The average molecular weight is 483 g/mol. The van der Waals surface area contributed by atoms with Gasteiger partial charge in [0.2, 0.25) is 0 Å². The minimum Gasteiger partial charge on any atom is -0.356 e. The molecule has 0 bridgehead atoms. The molecule has 2 aromatic rings. The van der Waals surface area contributed by atoms with Crippen LogP contribution in [0, 0.1) is 12.8 Å². The van der Waals surface area contributed by atoms with Crippen molar-refractivity contribution < 1.29 is 4.79 Å². The van der Waals surface area contributed by atoms with Gasteiger partial charge in [0.05, 0.1) is 10.5 Å². The molecule has 4 heterocycles. The van der Waals surface area contributed by atoms with Gasteiger partial charge in [-0.25, -0.2) is 4.98 Å². The smallest absolute Gasteiger partial charge is 0.267 e. The van der Waals surface area contributed by atoms with Gasteiger partial charge in [0.15, 0.2) is 0 Å². The summed E-state index contributed by atoms with van der Waals surface area (Å²) in [5, 5.41) is 0. The minimum atomic E-state index is -0.139. The van der Waals surface area contributed by atoms with Crippen LogP contribution < -0.4 is 10.5 Å². The quantitative estimate of drug-likeness (QED) is 0.464. The molecule has 5 rings (SSSR count). The van der Waals surface area contributed by atoms with Crippen LogP contribution in [0.3, 0.4) is 0 Å². The number of aromatic nitrogens is 2. The Bertz CT molecular complexity index is 1190. The SMILES string of the molecule is Cc1cccn2c(=O)c(/C=C3\SC(=S)N(C4CCCCC4)C3=O)c(N3CCC(C)CC3)nc12. The van der Waals surface area contributed by atoms with Crippen LogP contribution in [-0.2, 0) is 4.79 Å². The van der Waals surface area contributed by atoms with Crippen molar-refractivity contribution in [2.75, 3.05) is 18.0 Å². The summed E-state index contributed by atoms with van der Waals surface area (Å²) in [6.07, 6.45) is 11.1. The fourth-order valence-electron chi connectivity index (χ4n) is 5.15. The molecule has 8 heteroatoms. The fourth-order valence-corrected chi connectivity index (χ4v) is 6.54. The van der Waals surface area contributed by atoms with Gasteiger partial charge in [0, 0.05) is 25.3 Å². The van der Waals surface area contributed by atoms with E-state index in [0.29, 0.717) is 32.2 Å². The van der Waals surface area contributed by atoms with E-state index >= 15 is 0 Å². The Labute approximate surface area is 204 Å². The predicted molar refractivity (Wildman–Crippen MR) is 139 cm³/mol. The Balaban J connectivity index is 1.59. The molecule has 0 unspecified atom stereocenters. The molecule has 174 valence electrons. The number of anilines is 1. The number of nitrogens with zero attached hydrogens (tertiary/aromatic N) is 4. The first-order valence-corrected chi connectivity index (χ1v) is 13.2. The van der Waals surface area contributed by atoms with Gasteiger partial charge in [-0.05, 0) is 56.2 Å². The molecule has 6 nitrogen and oxygen atoms in total. The van der Waals surface area contributed by atoms with E-state index < -0.39 is 0 Å². The lowest BCUT2D eigenvalue weighted by molar-refractivity contribution is -0.124. The summed E-state index contributed by atoms with van der Waals surface area (Å²) < 4.78 is 2.20. The lowest BCUT2D eigenvalue weighted by Gasteiger charge is -2.32. The Morgan fingerprint density at radius 2 is 1.85 bits per heavy atom. The van der Waals surface area contributed by atoms with Crippen LogP contribution in [0.4, 0.5) is 5.82 Å². The van der Waals surface area contributed by atoms with Crippen LogP contribution in [0.2, 0.25) is 0 Å². The van der Waals surface area contributed by atoms with Crippen molar-refractivity contribution in [1.82, 2.24) is 14.3 Å². The topological polar surface area (TPSA) is 57.9 Å². The molecule has 0 atom stereocenters. The third-order valence-corrected chi connectivity index (χ3v) is 8.52. The normalized spacial score (nSPS) is 22.2. The molecule has 2 aromatic heterocycles. The van der Waals surface area contributed by atoms with Gasteiger partial charge >= 0.3 is 0 Å². The van der Waals surface area contributed by atoms with E-state index in [1.54, 1.807) is 21.6 Å². The predicted octanol–water partition coefficient (Wildman–Crippen LogP) is 4.77. The van der Waals surface area contributed by atoms with Crippen molar-refractivity contribution in [3.63, 3.8) is 0 Å². The second-order valence-electron chi connectivity index (χ2n) is 9.55. The molecule has 1 saturated carbocycles. The van der Waals surface area contributed by atoms with Crippen LogP contribution in [0.15, 0.2) is 28.0 Å². The maximum atomic E-state index is 13.7. The maximum Gasteiger partial charge on any atom is 0.267 e. The van der Waals surface area contributed by atoms with Gasteiger partial charge in [0.25, 0.3) is 11.5 Å². The zero-order valence-electron chi connectivity index (χ0n) is 19.2. The minimum absolute atomic E-state index is 0.0659. The number of thioether (sulfide) groups is 1. The van der Waals surface area contributed by atoms with Crippen LogP contribution >= 0.6 is 24.0 Å². The number of pyridine rings is 1. The monoisotopic (exact) mass is 482 g/mol. The maximum absolute atomic E-state index is 13.7. The Morgan fingerprint density at radius 1 is 1.12 bits per heavy atom. The number of carbonyl (C=O) groups is 1. The summed E-state index contributed by atoms with van der Waals surface area (Å²) in [6, 6.07) is 4.01. The first-order chi connectivity index (χ1) is 15.9. The number of thiocarbonyl (C=S) groups is 1. The Kier molecular flexibility index (Phi) is 6.31. The molecule has 33 heavy (non-hydrogen) atoms. The van der Waals surface area contributed by atoms with Gasteiger partial charge in [-0.15, -0.1) is 0 Å². The highest BCUT2D eigenvalue weighted by molar-refractivity contribution is 8.26. The van der Waals surface area contributed by atoms with E-state index in [1.807, 2.05) is 19.1 Å². The first-order valence-electron chi connectivity index (χ1n) is 12.0. The molecule has 0 N–H and O–H groups in total. The van der Waals surface area contributed by atoms with Crippen molar-refractivity contribution in [1.29, 1.82) is 0 Å². The Hall–Kier alpha value is -2.19.